The lowest BCUT2D eigenvalue weighted by Crippen LogP contribution is -2.52. The molecule has 140 valence electrons. The van der Waals surface area contributed by atoms with Gasteiger partial charge in [0.25, 0.3) is 0 Å². The van der Waals surface area contributed by atoms with E-state index in [0.717, 1.165) is 43.3 Å². The highest BCUT2D eigenvalue weighted by Gasteiger charge is 2.31. The van der Waals surface area contributed by atoms with Gasteiger partial charge in [0.15, 0.2) is 0 Å². The monoisotopic (exact) mass is 367 g/mol. The SMILES string of the molecule is Cc1ccc(N([C@@H](C)C(=O)NC2CCN(C)CC2)S(C)(=O)=O)cc1C. The second kappa shape index (κ2) is 7.74. The van der Waals surface area contributed by atoms with Crippen molar-refractivity contribution < 1.29 is 13.2 Å². The summed E-state index contributed by atoms with van der Waals surface area (Å²) >= 11 is 0. The fourth-order valence-corrected chi connectivity index (χ4v) is 4.31. The lowest BCUT2D eigenvalue weighted by atomic mass is 10.1. The van der Waals surface area contributed by atoms with Crippen molar-refractivity contribution in [2.75, 3.05) is 30.7 Å². The van der Waals surface area contributed by atoms with Crippen molar-refractivity contribution >= 4 is 21.6 Å². The molecular weight excluding hydrogens is 338 g/mol. The zero-order chi connectivity index (χ0) is 18.8. The molecule has 0 aromatic heterocycles. The number of amides is 1. The number of nitrogens with zero attached hydrogens (tertiary/aromatic N) is 2. The molecule has 0 spiro atoms. The van der Waals surface area contributed by atoms with E-state index >= 15 is 0 Å². The summed E-state index contributed by atoms with van der Waals surface area (Å²) in [6.07, 6.45) is 2.91. The van der Waals surface area contributed by atoms with Crippen LogP contribution in [-0.2, 0) is 14.8 Å². The Morgan fingerprint density at radius 3 is 2.36 bits per heavy atom. The van der Waals surface area contributed by atoms with Gasteiger partial charge in [-0.25, -0.2) is 8.42 Å². The van der Waals surface area contributed by atoms with Crippen molar-refractivity contribution in [2.45, 2.75) is 45.7 Å². The largest absolute Gasteiger partial charge is 0.351 e. The Bertz CT molecular complexity index is 725. The number of rotatable bonds is 5. The minimum Gasteiger partial charge on any atom is -0.351 e. The number of carbonyl (C=O) groups excluding carboxylic acids is 1. The molecule has 0 bridgehead atoms. The van der Waals surface area contributed by atoms with Crippen LogP contribution in [0.15, 0.2) is 18.2 Å². The summed E-state index contributed by atoms with van der Waals surface area (Å²) < 4.78 is 25.9. The topological polar surface area (TPSA) is 69.7 Å². The average molecular weight is 368 g/mol. The molecule has 1 fully saturated rings. The summed E-state index contributed by atoms with van der Waals surface area (Å²) in [5, 5.41) is 3.02. The number of likely N-dealkylation sites (tertiary alicyclic amines) is 1. The summed E-state index contributed by atoms with van der Waals surface area (Å²) in [6.45, 7) is 7.42. The third-order valence-corrected chi connectivity index (χ3v) is 6.14. The molecule has 1 aromatic carbocycles. The lowest BCUT2D eigenvalue weighted by molar-refractivity contribution is -0.122. The smallest absolute Gasteiger partial charge is 0.243 e. The van der Waals surface area contributed by atoms with Crippen molar-refractivity contribution in [1.29, 1.82) is 0 Å². The number of carbonyl (C=O) groups is 1. The first kappa shape index (κ1) is 19.7. The predicted octanol–water partition coefficient (Wildman–Crippen LogP) is 1.67. The zero-order valence-electron chi connectivity index (χ0n) is 15.7. The minimum atomic E-state index is -3.58. The Kier molecular flexibility index (Phi) is 6.11. The van der Waals surface area contributed by atoms with Gasteiger partial charge in [-0.05, 0) is 77.0 Å². The maximum absolute atomic E-state index is 12.7. The van der Waals surface area contributed by atoms with E-state index in [2.05, 4.69) is 17.3 Å². The molecule has 2 rings (SSSR count). The van der Waals surface area contributed by atoms with Gasteiger partial charge in [-0.15, -0.1) is 0 Å². The first-order valence-electron chi connectivity index (χ1n) is 8.65. The lowest BCUT2D eigenvalue weighted by Gasteiger charge is -2.33. The molecule has 7 heteroatoms. The van der Waals surface area contributed by atoms with E-state index in [1.165, 1.54) is 4.31 Å². The highest BCUT2D eigenvalue weighted by Crippen LogP contribution is 2.24. The standard InChI is InChI=1S/C18H29N3O3S/c1-13-6-7-17(12-14(13)2)21(25(5,23)24)15(3)18(22)19-16-8-10-20(4)11-9-16/h6-7,12,15-16H,8-11H2,1-5H3,(H,19,22)/t15-/m0/s1. The van der Waals surface area contributed by atoms with Crippen molar-refractivity contribution in [3.8, 4) is 0 Å². The summed E-state index contributed by atoms with van der Waals surface area (Å²) in [7, 11) is -1.52. The van der Waals surface area contributed by atoms with Gasteiger partial charge in [-0.3, -0.25) is 9.10 Å². The Balaban J connectivity index is 2.19. The average Bonchev–Trinajstić information content (AvgIpc) is 2.51. The van der Waals surface area contributed by atoms with Gasteiger partial charge in [0.1, 0.15) is 6.04 Å². The predicted molar refractivity (Wildman–Crippen MR) is 101 cm³/mol. The number of nitrogens with one attached hydrogen (secondary N) is 1. The van der Waals surface area contributed by atoms with Gasteiger partial charge >= 0.3 is 0 Å². The number of hydrogen-bond donors (Lipinski definition) is 1. The molecule has 1 atom stereocenters. The molecule has 1 amide bonds. The highest BCUT2D eigenvalue weighted by molar-refractivity contribution is 7.92. The quantitative estimate of drug-likeness (QED) is 0.859. The Labute approximate surface area is 151 Å². The van der Waals surface area contributed by atoms with Gasteiger partial charge in [-0.2, -0.15) is 0 Å². The van der Waals surface area contributed by atoms with Crippen LogP contribution in [0.1, 0.15) is 30.9 Å². The molecule has 1 aliphatic rings. The second-order valence-corrected chi connectivity index (χ2v) is 8.95. The Hall–Kier alpha value is -1.60. The van der Waals surface area contributed by atoms with Gasteiger partial charge in [0.2, 0.25) is 15.9 Å². The number of piperidine rings is 1. The van der Waals surface area contributed by atoms with E-state index in [0.29, 0.717) is 5.69 Å². The molecule has 0 aliphatic carbocycles. The van der Waals surface area contributed by atoms with Crippen LogP contribution in [0.5, 0.6) is 0 Å². The third-order valence-electron chi connectivity index (χ3n) is 4.90. The summed E-state index contributed by atoms with van der Waals surface area (Å²) in [6, 6.07) is 4.76. The van der Waals surface area contributed by atoms with Crippen molar-refractivity contribution in [3.05, 3.63) is 29.3 Å². The molecule has 6 nitrogen and oxygen atoms in total. The summed E-state index contributed by atoms with van der Waals surface area (Å²) in [5.41, 5.74) is 2.60. The van der Waals surface area contributed by atoms with Crippen LogP contribution in [0, 0.1) is 13.8 Å². The molecule has 0 unspecified atom stereocenters. The van der Waals surface area contributed by atoms with Crippen LogP contribution >= 0.6 is 0 Å². The van der Waals surface area contributed by atoms with E-state index in [1.54, 1.807) is 13.0 Å². The van der Waals surface area contributed by atoms with Crippen LogP contribution in [0.3, 0.4) is 0 Å². The second-order valence-electron chi connectivity index (χ2n) is 7.09. The van der Waals surface area contributed by atoms with E-state index in [4.69, 9.17) is 0 Å². The highest BCUT2D eigenvalue weighted by atomic mass is 32.2. The fourth-order valence-electron chi connectivity index (χ4n) is 3.15. The van der Waals surface area contributed by atoms with Crippen molar-refractivity contribution in [3.63, 3.8) is 0 Å². The molecule has 1 aliphatic heterocycles. The van der Waals surface area contributed by atoms with Crippen LogP contribution in [0.4, 0.5) is 5.69 Å². The summed E-state index contributed by atoms with van der Waals surface area (Å²) in [4.78, 5) is 14.9. The number of anilines is 1. The number of hydrogen-bond acceptors (Lipinski definition) is 4. The number of sulfonamides is 1. The van der Waals surface area contributed by atoms with E-state index in [9.17, 15) is 13.2 Å². The first-order valence-corrected chi connectivity index (χ1v) is 10.5. The molecule has 1 aromatic rings. The molecule has 1 saturated heterocycles. The maximum atomic E-state index is 12.7. The minimum absolute atomic E-state index is 0.104. The van der Waals surface area contributed by atoms with Gasteiger partial charge in [-0.1, -0.05) is 6.07 Å². The zero-order valence-corrected chi connectivity index (χ0v) is 16.6. The molecular formula is C18H29N3O3S. The van der Waals surface area contributed by atoms with Gasteiger partial charge in [0, 0.05) is 6.04 Å². The van der Waals surface area contributed by atoms with Crippen LogP contribution in [0.25, 0.3) is 0 Å². The van der Waals surface area contributed by atoms with Gasteiger partial charge in [0.05, 0.1) is 11.9 Å². The number of benzene rings is 1. The van der Waals surface area contributed by atoms with Gasteiger partial charge < -0.3 is 10.2 Å². The molecule has 25 heavy (non-hydrogen) atoms. The molecule has 0 radical (unpaired) electrons. The van der Waals surface area contributed by atoms with E-state index in [-0.39, 0.29) is 11.9 Å². The fraction of sp³-hybridized carbons (Fsp3) is 0.611. The molecule has 0 saturated carbocycles. The van der Waals surface area contributed by atoms with Crippen molar-refractivity contribution in [1.82, 2.24) is 10.2 Å². The first-order chi connectivity index (χ1) is 11.6. The molecule has 1 heterocycles. The Morgan fingerprint density at radius 1 is 1.24 bits per heavy atom. The van der Waals surface area contributed by atoms with E-state index < -0.39 is 16.1 Å². The van der Waals surface area contributed by atoms with E-state index in [1.807, 2.05) is 26.0 Å². The summed E-state index contributed by atoms with van der Waals surface area (Å²) in [5.74, 6) is -0.252. The number of aryl methyl sites for hydroxylation is 2. The third kappa shape index (κ3) is 4.95. The normalized spacial score (nSPS) is 18.0. The Morgan fingerprint density at radius 2 is 1.84 bits per heavy atom. The van der Waals surface area contributed by atoms with Crippen LogP contribution < -0.4 is 9.62 Å². The maximum Gasteiger partial charge on any atom is 0.243 e. The molecule has 1 N–H and O–H groups in total. The van der Waals surface area contributed by atoms with Crippen LogP contribution in [-0.4, -0.2) is 57.7 Å². The van der Waals surface area contributed by atoms with Crippen molar-refractivity contribution in [2.24, 2.45) is 0 Å². The van der Waals surface area contributed by atoms with Crippen LogP contribution in [0.2, 0.25) is 0 Å².